The van der Waals surface area contributed by atoms with Gasteiger partial charge < -0.3 is 9.73 Å². The van der Waals surface area contributed by atoms with E-state index < -0.39 is 29.1 Å². The molecule has 1 aliphatic heterocycles. The molecule has 0 bridgehead atoms. The molecule has 0 spiro atoms. The van der Waals surface area contributed by atoms with Crippen LogP contribution in [0.3, 0.4) is 0 Å². The molecule has 1 saturated heterocycles. The molecule has 9 heteroatoms. The molecule has 0 saturated carbocycles. The first kappa shape index (κ1) is 17.3. The van der Waals surface area contributed by atoms with E-state index in [0.717, 1.165) is 23.1 Å². The molecule has 2 aromatic heterocycles. The highest BCUT2D eigenvalue weighted by atomic mass is 32.1. The zero-order valence-electron chi connectivity index (χ0n) is 14.0. The summed E-state index contributed by atoms with van der Waals surface area (Å²) in [7, 11) is 0. The number of carbonyl (C=O) groups is 2. The Bertz CT molecular complexity index is 1030. The normalized spacial score (nSPS) is 19.6. The zero-order chi connectivity index (χ0) is 19.2. The minimum atomic E-state index is -1.69. The molecule has 1 fully saturated rings. The first-order chi connectivity index (χ1) is 12.9. The van der Waals surface area contributed by atoms with E-state index in [2.05, 4.69) is 10.3 Å². The van der Waals surface area contributed by atoms with Gasteiger partial charge in [0.1, 0.15) is 17.2 Å². The molecule has 0 aliphatic carbocycles. The molecule has 0 radical (unpaired) electrons. The van der Waals surface area contributed by atoms with Gasteiger partial charge in [-0.05, 0) is 37.3 Å². The lowest BCUT2D eigenvalue weighted by Gasteiger charge is -2.22. The molecule has 1 aliphatic rings. The Morgan fingerprint density at radius 3 is 2.85 bits per heavy atom. The molecule has 1 unspecified atom stereocenters. The quantitative estimate of drug-likeness (QED) is 0.691. The standard InChI is InChI=1S/C18H13F2N3O3S/c1-18(12-7-10(19)4-5-13(12)20)16(24)23(17(25)22-18)8-11-9-27-15(21-11)14-3-2-6-26-14/h2-7,9H,8H2,1H3,(H,22,25). The van der Waals surface area contributed by atoms with Crippen molar-refractivity contribution in [2.75, 3.05) is 0 Å². The third kappa shape index (κ3) is 2.89. The highest BCUT2D eigenvalue weighted by Crippen LogP contribution is 2.32. The molecule has 3 aromatic rings. The lowest BCUT2D eigenvalue weighted by atomic mass is 9.91. The molecule has 1 atom stereocenters. The Labute approximate surface area is 156 Å². The Morgan fingerprint density at radius 1 is 1.30 bits per heavy atom. The van der Waals surface area contributed by atoms with E-state index in [1.54, 1.807) is 17.5 Å². The van der Waals surface area contributed by atoms with E-state index in [1.807, 2.05) is 0 Å². The number of nitrogens with one attached hydrogen (secondary N) is 1. The fourth-order valence-corrected chi connectivity index (χ4v) is 3.74. The number of halogens is 2. The van der Waals surface area contributed by atoms with Crippen LogP contribution in [0.1, 0.15) is 18.2 Å². The Kier molecular flexibility index (Phi) is 4.03. The van der Waals surface area contributed by atoms with Gasteiger partial charge in [-0.2, -0.15) is 0 Å². The topological polar surface area (TPSA) is 75.4 Å². The van der Waals surface area contributed by atoms with Crippen molar-refractivity contribution in [3.8, 4) is 10.8 Å². The molecular weight excluding hydrogens is 376 g/mol. The van der Waals surface area contributed by atoms with Crippen LogP contribution >= 0.6 is 11.3 Å². The first-order valence-corrected chi connectivity index (χ1v) is 8.84. The predicted octanol–water partition coefficient (Wildman–Crippen LogP) is 3.65. The van der Waals surface area contributed by atoms with Gasteiger partial charge in [-0.3, -0.25) is 9.69 Å². The maximum Gasteiger partial charge on any atom is 0.325 e. The molecule has 27 heavy (non-hydrogen) atoms. The fraction of sp³-hybridized carbons (Fsp3) is 0.167. The van der Waals surface area contributed by atoms with Gasteiger partial charge in [0.25, 0.3) is 5.91 Å². The number of hydrogen-bond acceptors (Lipinski definition) is 5. The van der Waals surface area contributed by atoms with Gasteiger partial charge in [0.2, 0.25) is 0 Å². The summed E-state index contributed by atoms with van der Waals surface area (Å²) in [6, 6.07) is 5.57. The number of urea groups is 1. The van der Waals surface area contributed by atoms with Crippen LogP contribution in [0.2, 0.25) is 0 Å². The van der Waals surface area contributed by atoms with Crippen molar-refractivity contribution in [3.63, 3.8) is 0 Å². The van der Waals surface area contributed by atoms with Gasteiger partial charge in [-0.1, -0.05) is 0 Å². The summed E-state index contributed by atoms with van der Waals surface area (Å²) in [4.78, 5) is 30.5. The maximum atomic E-state index is 14.2. The summed E-state index contributed by atoms with van der Waals surface area (Å²) in [6.45, 7) is 1.26. The van der Waals surface area contributed by atoms with Crippen LogP contribution in [-0.4, -0.2) is 21.8 Å². The number of benzene rings is 1. The average molecular weight is 389 g/mol. The van der Waals surface area contributed by atoms with Gasteiger partial charge in [-0.15, -0.1) is 11.3 Å². The van der Waals surface area contributed by atoms with Crippen molar-refractivity contribution in [1.82, 2.24) is 15.2 Å². The number of carbonyl (C=O) groups excluding carboxylic acids is 2. The van der Waals surface area contributed by atoms with Crippen LogP contribution in [0.5, 0.6) is 0 Å². The van der Waals surface area contributed by atoms with E-state index >= 15 is 0 Å². The number of imide groups is 1. The SMILES string of the molecule is CC1(c2cc(F)ccc2F)NC(=O)N(Cc2csc(-c3ccco3)n2)C1=O. The monoisotopic (exact) mass is 389 g/mol. The highest BCUT2D eigenvalue weighted by Gasteiger charge is 2.50. The number of amides is 3. The van der Waals surface area contributed by atoms with Crippen LogP contribution in [0.4, 0.5) is 13.6 Å². The second-order valence-electron chi connectivity index (χ2n) is 6.19. The molecule has 3 amide bonds. The van der Waals surface area contributed by atoms with Crippen LogP contribution in [0.25, 0.3) is 10.8 Å². The third-order valence-corrected chi connectivity index (χ3v) is 5.25. The number of rotatable bonds is 4. The van der Waals surface area contributed by atoms with Gasteiger partial charge >= 0.3 is 6.03 Å². The molecular formula is C18H13F2N3O3S. The molecule has 1 aromatic carbocycles. The number of nitrogens with zero attached hydrogens (tertiary/aromatic N) is 2. The van der Waals surface area contributed by atoms with Crippen LogP contribution in [0.15, 0.2) is 46.4 Å². The Balaban J connectivity index is 1.61. The maximum absolute atomic E-state index is 14.2. The van der Waals surface area contributed by atoms with E-state index in [-0.39, 0.29) is 12.1 Å². The van der Waals surface area contributed by atoms with Crippen LogP contribution in [-0.2, 0) is 16.9 Å². The summed E-state index contributed by atoms with van der Waals surface area (Å²) < 4.78 is 33.0. The van der Waals surface area contributed by atoms with Crippen molar-refractivity contribution in [2.45, 2.75) is 19.0 Å². The minimum absolute atomic E-state index is 0.0889. The second-order valence-corrected chi connectivity index (χ2v) is 7.05. The van der Waals surface area contributed by atoms with Gasteiger partial charge in [0, 0.05) is 10.9 Å². The van der Waals surface area contributed by atoms with Crippen molar-refractivity contribution in [3.05, 3.63) is 64.9 Å². The molecule has 6 nitrogen and oxygen atoms in total. The Hall–Kier alpha value is -3.07. The second kappa shape index (κ2) is 6.27. The number of hydrogen-bond donors (Lipinski definition) is 1. The van der Waals surface area contributed by atoms with Crippen molar-refractivity contribution < 1.29 is 22.8 Å². The summed E-state index contributed by atoms with van der Waals surface area (Å²) in [5.74, 6) is -1.57. The smallest absolute Gasteiger partial charge is 0.325 e. The Morgan fingerprint density at radius 2 is 2.11 bits per heavy atom. The zero-order valence-corrected chi connectivity index (χ0v) is 14.8. The van der Waals surface area contributed by atoms with Gasteiger partial charge in [0.15, 0.2) is 10.8 Å². The van der Waals surface area contributed by atoms with Crippen molar-refractivity contribution >= 4 is 23.3 Å². The third-order valence-electron chi connectivity index (χ3n) is 4.35. The average Bonchev–Trinajstić information content (AvgIpc) is 3.35. The first-order valence-electron chi connectivity index (χ1n) is 7.96. The van der Waals surface area contributed by atoms with Gasteiger partial charge in [-0.25, -0.2) is 18.6 Å². The number of furan rings is 1. The highest BCUT2D eigenvalue weighted by molar-refractivity contribution is 7.13. The molecule has 138 valence electrons. The molecule has 3 heterocycles. The van der Waals surface area contributed by atoms with Gasteiger partial charge in [0.05, 0.1) is 18.5 Å². The van der Waals surface area contributed by atoms with Crippen molar-refractivity contribution in [2.24, 2.45) is 0 Å². The molecule has 4 rings (SSSR count). The summed E-state index contributed by atoms with van der Waals surface area (Å²) in [5.41, 5.74) is -1.43. The van der Waals surface area contributed by atoms with E-state index in [0.29, 0.717) is 16.5 Å². The number of aromatic nitrogens is 1. The van der Waals surface area contributed by atoms with Crippen molar-refractivity contribution in [1.29, 1.82) is 0 Å². The fourth-order valence-electron chi connectivity index (χ4n) is 2.96. The summed E-state index contributed by atoms with van der Waals surface area (Å²) in [5, 5.41) is 4.77. The van der Waals surface area contributed by atoms with E-state index in [1.165, 1.54) is 24.5 Å². The van der Waals surface area contributed by atoms with Crippen LogP contribution < -0.4 is 5.32 Å². The number of thiazole rings is 1. The lowest BCUT2D eigenvalue weighted by molar-refractivity contribution is -0.131. The van der Waals surface area contributed by atoms with E-state index in [4.69, 9.17) is 4.42 Å². The van der Waals surface area contributed by atoms with E-state index in [9.17, 15) is 18.4 Å². The largest absolute Gasteiger partial charge is 0.462 e. The summed E-state index contributed by atoms with van der Waals surface area (Å²) >= 11 is 1.31. The molecule has 1 N–H and O–H groups in total. The minimum Gasteiger partial charge on any atom is -0.462 e. The lowest BCUT2D eigenvalue weighted by Crippen LogP contribution is -2.41. The van der Waals surface area contributed by atoms with Crippen LogP contribution in [0, 0.1) is 11.6 Å². The summed E-state index contributed by atoms with van der Waals surface area (Å²) in [6.07, 6.45) is 1.52. The predicted molar refractivity (Wildman–Crippen MR) is 92.6 cm³/mol.